The topological polar surface area (TPSA) is 46.5 Å². The Hall–Kier alpha value is -1.82. The zero-order valence-electron chi connectivity index (χ0n) is 9.92. The third kappa shape index (κ3) is 4.40. The second-order valence-electron chi connectivity index (χ2n) is 3.80. The van der Waals surface area contributed by atoms with Crippen molar-refractivity contribution in [2.24, 2.45) is 0 Å². The van der Waals surface area contributed by atoms with Gasteiger partial charge < -0.3 is 9.84 Å². The first-order chi connectivity index (χ1) is 9.13. The number of carboxylic acids is 1. The third-order valence-electron chi connectivity index (χ3n) is 2.33. The van der Waals surface area contributed by atoms with Crippen molar-refractivity contribution in [2.75, 3.05) is 0 Å². The highest BCUT2D eigenvalue weighted by atomic mass is 127. The molecule has 0 atom stereocenters. The summed E-state index contributed by atoms with van der Waals surface area (Å²) in [5.74, 6) is 0.536. The minimum absolute atomic E-state index is 0.717. The van der Waals surface area contributed by atoms with Crippen molar-refractivity contribution in [1.29, 1.82) is 0 Å². The molecule has 2 rings (SSSR count). The van der Waals surface area contributed by atoms with Gasteiger partial charge in [0.25, 0.3) is 0 Å². The number of hydrogen-bond donors (Lipinski definition) is 1. The lowest BCUT2D eigenvalue weighted by atomic mass is 10.2. The summed E-state index contributed by atoms with van der Waals surface area (Å²) in [5.41, 5.74) is 0.817. The van der Waals surface area contributed by atoms with E-state index in [0.29, 0.717) is 0 Å². The van der Waals surface area contributed by atoms with E-state index in [4.69, 9.17) is 9.84 Å². The van der Waals surface area contributed by atoms with E-state index in [1.807, 2.05) is 36.4 Å². The van der Waals surface area contributed by atoms with Gasteiger partial charge in [0.2, 0.25) is 0 Å². The summed E-state index contributed by atoms with van der Waals surface area (Å²) in [4.78, 5) is 10.4. The highest BCUT2D eigenvalue weighted by molar-refractivity contribution is 14.1. The van der Waals surface area contributed by atoms with Crippen molar-refractivity contribution in [3.8, 4) is 11.5 Å². The number of halogens is 1. The normalized spacial score (nSPS) is 10.6. The number of carbonyl (C=O) groups is 1. The standard InChI is InChI=1S/C15H11IO3/c16-12-2-1-3-14(10-12)19-13-7-4-11(5-8-13)6-9-15(17)18/h1-10H,(H,17,18)/b9-6+. The zero-order valence-corrected chi connectivity index (χ0v) is 12.1. The van der Waals surface area contributed by atoms with Crippen molar-refractivity contribution < 1.29 is 14.6 Å². The van der Waals surface area contributed by atoms with Gasteiger partial charge in [-0.15, -0.1) is 0 Å². The Morgan fingerprint density at radius 2 is 1.84 bits per heavy atom. The second-order valence-corrected chi connectivity index (χ2v) is 5.05. The fourth-order valence-electron chi connectivity index (χ4n) is 1.48. The van der Waals surface area contributed by atoms with Crippen LogP contribution in [0.15, 0.2) is 54.6 Å². The van der Waals surface area contributed by atoms with Gasteiger partial charge in [-0.05, 0) is 64.6 Å². The minimum atomic E-state index is -0.959. The van der Waals surface area contributed by atoms with Crippen molar-refractivity contribution in [3.05, 3.63) is 63.7 Å². The molecule has 0 unspecified atom stereocenters. The lowest BCUT2D eigenvalue weighted by Gasteiger charge is -2.06. The van der Waals surface area contributed by atoms with Crippen LogP contribution in [0.3, 0.4) is 0 Å². The van der Waals surface area contributed by atoms with E-state index in [2.05, 4.69) is 22.6 Å². The van der Waals surface area contributed by atoms with Crippen molar-refractivity contribution >= 4 is 34.6 Å². The maximum atomic E-state index is 10.4. The maximum absolute atomic E-state index is 10.4. The van der Waals surface area contributed by atoms with Gasteiger partial charge in [-0.3, -0.25) is 0 Å². The van der Waals surface area contributed by atoms with Crippen LogP contribution in [0, 0.1) is 3.57 Å². The van der Waals surface area contributed by atoms with Crippen molar-refractivity contribution in [1.82, 2.24) is 0 Å². The van der Waals surface area contributed by atoms with E-state index in [1.54, 1.807) is 12.1 Å². The third-order valence-corrected chi connectivity index (χ3v) is 3.00. The lowest BCUT2D eigenvalue weighted by Crippen LogP contribution is -1.86. The van der Waals surface area contributed by atoms with Gasteiger partial charge in [0.05, 0.1) is 0 Å². The number of benzene rings is 2. The summed E-state index contributed by atoms with van der Waals surface area (Å²) in [6, 6.07) is 15.0. The van der Waals surface area contributed by atoms with E-state index < -0.39 is 5.97 Å². The van der Waals surface area contributed by atoms with Gasteiger partial charge in [-0.2, -0.15) is 0 Å². The molecule has 0 radical (unpaired) electrons. The predicted molar refractivity (Wildman–Crippen MR) is 82.3 cm³/mol. The SMILES string of the molecule is O=C(O)/C=C/c1ccc(Oc2cccc(I)c2)cc1. The molecule has 0 aliphatic rings. The Kier molecular flexibility index (Phi) is 4.57. The first-order valence-electron chi connectivity index (χ1n) is 5.58. The number of ether oxygens (including phenoxy) is 1. The predicted octanol–water partition coefficient (Wildman–Crippen LogP) is 4.18. The molecule has 1 N–H and O–H groups in total. The molecule has 0 aromatic heterocycles. The van der Waals surface area contributed by atoms with E-state index in [-0.39, 0.29) is 0 Å². The Labute approximate surface area is 124 Å². The average molecular weight is 366 g/mol. The molecule has 0 bridgehead atoms. The van der Waals surface area contributed by atoms with E-state index >= 15 is 0 Å². The van der Waals surface area contributed by atoms with E-state index in [0.717, 1.165) is 26.7 Å². The van der Waals surface area contributed by atoms with Gasteiger partial charge in [0, 0.05) is 9.65 Å². The fourth-order valence-corrected chi connectivity index (χ4v) is 2.00. The Bertz CT molecular complexity index is 603. The van der Waals surface area contributed by atoms with Gasteiger partial charge in [0.15, 0.2) is 0 Å². The van der Waals surface area contributed by atoms with Crippen LogP contribution >= 0.6 is 22.6 Å². The first kappa shape index (κ1) is 13.6. The summed E-state index contributed by atoms with van der Waals surface area (Å²) < 4.78 is 6.80. The lowest BCUT2D eigenvalue weighted by molar-refractivity contribution is -0.131. The monoisotopic (exact) mass is 366 g/mol. The molecule has 0 saturated heterocycles. The van der Waals surface area contributed by atoms with Gasteiger partial charge in [-0.1, -0.05) is 18.2 Å². The quantitative estimate of drug-likeness (QED) is 0.652. The van der Waals surface area contributed by atoms with Crippen LogP contribution in [0.2, 0.25) is 0 Å². The molecular formula is C15H11IO3. The summed E-state index contributed by atoms with van der Waals surface area (Å²) in [6.45, 7) is 0. The zero-order chi connectivity index (χ0) is 13.7. The second kappa shape index (κ2) is 6.38. The summed E-state index contributed by atoms with van der Waals surface area (Å²) >= 11 is 2.23. The largest absolute Gasteiger partial charge is 0.478 e. The van der Waals surface area contributed by atoms with Gasteiger partial charge in [-0.25, -0.2) is 4.79 Å². The summed E-state index contributed by atoms with van der Waals surface area (Å²) in [5, 5.41) is 8.54. The van der Waals surface area contributed by atoms with E-state index in [1.165, 1.54) is 6.08 Å². The van der Waals surface area contributed by atoms with Crippen LogP contribution in [-0.4, -0.2) is 11.1 Å². The van der Waals surface area contributed by atoms with Crippen LogP contribution in [0.4, 0.5) is 0 Å². The number of rotatable bonds is 4. The Morgan fingerprint density at radius 3 is 2.47 bits per heavy atom. The molecule has 0 fully saturated rings. The Balaban J connectivity index is 2.08. The van der Waals surface area contributed by atoms with Crippen LogP contribution in [0.1, 0.15) is 5.56 Å². The molecule has 0 aliphatic heterocycles. The summed E-state index contributed by atoms with van der Waals surface area (Å²) in [6.07, 6.45) is 2.65. The fraction of sp³-hybridized carbons (Fsp3) is 0. The van der Waals surface area contributed by atoms with Crippen LogP contribution in [0.5, 0.6) is 11.5 Å². The molecule has 0 aliphatic carbocycles. The number of aliphatic carboxylic acids is 1. The molecule has 19 heavy (non-hydrogen) atoms. The first-order valence-corrected chi connectivity index (χ1v) is 6.66. The highest BCUT2D eigenvalue weighted by Gasteiger charge is 1.98. The summed E-state index contributed by atoms with van der Waals surface area (Å²) in [7, 11) is 0. The molecule has 2 aromatic carbocycles. The van der Waals surface area contributed by atoms with E-state index in [9.17, 15) is 4.79 Å². The minimum Gasteiger partial charge on any atom is -0.478 e. The smallest absolute Gasteiger partial charge is 0.328 e. The van der Waals surface area contributed by atoms with Crippen LogP contribution in [0.25, 0.3) is 6.08 Å². The van der Waals surface area contributed by atoms with Gasteiger partial charge in [0.1, 0.15) is 11.5 Å². The van der Waals surface area contributed by atoms with Crippen molar-refractivity contribution in [3.63, 3.8) is 0 Å². The van der Waals surface area contributed by atoms with Crippen LogP contribution in [-0.2, 0) is 4.79 Å². The average Bonchev–Trinajstić information content (AvgIpc) is 2.38. The van der Waals surface area contributed by atoms with Crippen LogP contribution < -0.4 is 4.74 Å². The maximum Gasteiger partial charge on any atom is 0.328 e. The molecule has 0 saturated carbocycles. The molecule has 0 heterocycles. The molecule has 0 amide bonds. The molecular weight excluding hydrogens is 355 g/mol. The highest BCUT2D eigenvalue weighted by Crippen LogP contribution is 2.23. The number of carboxylic acid groups (broad SMARTS) is 1. The molecule has 96 valence electrons. The molecule has 0 spiro atoms. The Morgan fingerprint density at radius 1 is 1.11 bits per heavy atom. The number of hydrogen-bond acceptors (Lipinski definition) is 2. The molecule has 3 nitrogen and oxygen atoms in total. The van der Waals surface area contributed by atoms with Gasteiger partial charge >= 0.3 is 5.97 Å². The molecule has 2 aromatic rings. The van der Waals surface area contributed by atoms with Crippen molar-refractivity contribution in [2.45, 2.75) is 0 Å². The molecule has 4 heteroatoms.